The summed E-state index contributed by atoms with van der Waals surface area (Å²) in [5.74, 6) is 0.500. The molecule has 2 nitrogen and oxygen atoms in total. The molecule has 17 heavy (non-hydrogen) atoms. The van der Waals surface area contributed by atoms with E-state index in [-0.39, 0.29) is 0 Å². The maximum atomic E-state index is 6.28. The summed E-state index contributed by atoms with van der Waals surface area (Å²) >= 11 is 12.2. The second-order valence-electron chi connectivity index (χ2n) is 4.30. The fourth-order valence-corrected chi connectivity index (χ4v) is 2.87. The van der Waals surface area contributed by atoms with Crippen LogP contribution in [-0.2, 0) is 10.6 Å². The summed E-state index contributed by atoms with van der Waals surface area (Å²) in [6.07, 6.45) is 2.47. The molecule has 2 rings (SSSR count). The smallest absolute Gasteiger partial charge is 0.0642 e. The Bertz CT molecular complexity index is 376. The normalized spacial score (nSPS) is 17.5. The molecule has 1 aromatic carbocycles. The lowest BCUT2D eigenvalue weighted by Crippen LogP contribution is -2.37. The van der Waals surface area contributed by atoms with Gasteiger partial charge in [0.05, 0.1) is 16.8 Å². The van der Waals surface area contributed by atoms with Crippen LogP contribution < -0.4 is 4.90 Å². The van der Waals surface area contributed by atoms with Gasteiger partial charge in [-0.05, 0) is 24.5 Å². The quantitative estimate of drug-likeness (QED) is 0.779. The van der Waals surface area contributed by atoms with Gasteiger partial charge in [-0.1, -0.05) is 23.7 Å². The molecule has 94 valence electrons. The van der Waals surface area contributed by atoms with E-state index in [0.29, 0.717) is 12.0 Å². The molecule has 1 aliphatic rings. The Kier molecular flexibility index (Phi) is 4.55. The van der Waals surface area contributed by atoms with Crippen molar-refractivity contribution in [2.75, 3.05) is 25.1 Å². The third-order valence-corrected chi connectivity index (χ3v) is 3.90. The Morgan fingerprint density at radius 3 is 2.65 bits per heavy atom. The highest BCUT2D eigenvalue weighted by molar-refractivity contribution is 6.33. The average molecular weight is 274 g/mol. The lowest BCUT2D eigenvalue weighted by molar-refractivity contribution is 0.0819. The Morgan fingerprint density at radius 2 is 2.06 bits per heavy atom. The number of piperidine rings is 1. The molecule has 0 aromatic heterocycles. The van der Waals surface area contributed by atoms with Gasteiger partial charge in [-0.2, -0.15) is 0 Å². The number of para-hydroxylation sites is 1. The Hall–Kier alpha value is -0.440. The second-order valence-corrected chi connectivity index (χ2v) is 4.98. The predicted octanol–water partition coefficient (Wildman–Crippen LogP) is 3.69. The van der Waals surface area contributed by atoms with Crippen molar-refractivity contribution in [3.05, 3.63) is 28.8 Å². The van der Waals surface area contributed by atoms with Crippen molar-refractivity contribution in [2.45, 2.75) is 24.8 Å². The molecule has 1 heterocycles. The number of rotatable bonds is 3. The van der Waals surface area contributed by atoms with Crippen LogP contribution in [0.5, 0.6) is 0 Å². The molecular weight excluding hydrogens is 257 g/mol. The van der Waals surface area contributed by atoms with Crippen LogP contribution in [0.2, 0.25) is 5.02 Å². The first-order valence-corrected chi connectivity index (χ1v) is 6.78. The number of methoxy groups -OCH3 is 1. The summed E-state index contributed by atoms with van der Waals surface area (Å²) in [6.45, 7) is 1.96. The van der Waals surface area contributed by atoms with E-state index in [2.05, 4.69) is 4.90 Å². The summed E-state index contributed by atoms with van der Waals surface area (Å²) in [5, 5.41) is 0.791. The molecule has 1 saturated heterocycles. The van der Waals surface area contributed by atoms with E-state index in [9.17, 15) is 0 Å². The number of halogens is 2. The lowest BCUT2D eigenvalue weighted by Gasteiger charge is -2.34. The van der Waals surface area contributed by atoms with E-state index in [1.54, 1.807) is 7.11 Å². The second kappa shape index (κ2) is 5.94. The highest BCUT2D eigenvalue weighted by Gasteiger charge is 2.22. The first-order valence-electron chi connectivity index (χ1n) is 5.87. The number of anilines is 1. The molecular formula is C13H17Cl2NO. The fraction of sp³-hybridized carbons (Fsp3) is 0.538. The van der Waals surface area contributed by atoms with E-state index >= 15 is 0 Å². The highest BCUT2D eigenvalue weighted by Crippen LogP contribution is 2.33. The summed E-state index contributed by atoms with van der Waals surface area (Å²) in [5.41, 5.74) is 2.20. The van der Waals surface area contributed by atoms with Gasteiger partial charge in [0.25, 0.3) is 0 Å². The van der Waals surface area contributed by atoms with E-state index in [4.69, 9.17) is 27.9 Å². The zero-order valence-corrected chi connectivity index (χ0v) is 11.5. The van der Waals surface area contributed by atoms with Crippen LogP contribution in [-0.4, -0.2) is 26.3 Å². The van der Waals surface area contributed by atoms with Crippen molar-refractivity contribution in [1.29, 1.82) is 0 Å². The molecule has 1 aliphatic heterocycles. The lowest BCUT2D eigenvalue weighted by atomic mass is 10.1. The zero-order chi connectivity index (χ0) is 12.3. The number of alkyl halides is 1. The molecule has 0 aliphatic carbocycles. The Morgan fingerprint density at radius 1 is 1.35 bits per heavy atom. The third-order valence-electron chi connectivity index (χ3n) is 3.31. The molecule has 0 saturated carbocycles. The number of ether oxygens (including phenoxy) is 1. The average Bonchev–Trinajstić information content (AvgIpc) is 2.38. The fourth-order valence-electron chi connectivity index (χ4n) is 2.34. The molecule has 0 spiro atoms. The van der Waals surface area contributed by atoms with Gasteiger partial charge in [-0.15, -0.1) is 11.6 Å². The number of hydrogen-bond acceptors (Lipinski definition) is 2. The van der Waals surface area contributed by atoms with Crippen LogP contribution in [0.15, 0.2) is 18.2 Å². The molecule has 0 unspecified atom stereocenters. The van der Waals surface area contributed by atoms with E-state index in [1.165, 1.54) is 0 Å². The molecule has 1 aromatic rings. The van der Waals surface area contributed by atoms with Gasteiger partial charge in [-0.25, -0.2) is 0 Å². The van der Waals surface area contributed by atoms with Crippen LogP contribution >= 0.6 is 23.2 Å². The summed E-state index contributed by atoms with van der Waals surface area (Å²) in [7, 11) is 1.78. The van der Waals surface area contributed by atoms with Gasteiger partial charge in [0.2, 0.25) is 0 Å². The maximum absolute atomic E-state index is 6.28. The van der Waals surface area contributed by atoms with Gasteiger partial charge in [0, 0.05) is 26.1 Å². The molecule has 4 heteroatoms. The van der Waals surface area contributed by atoms with Crippen LogP contribution in [0.25, 0.3) is 0 Å². The molecule has 0 amide bonds. The largest absolute Gasteiger partial charge is 0.381 e. The van der Waals surface area contributed by atoms with Crippen LogP contribution in [0.4, 0.5) is 5.69 Å². The van der Waals surface area contributed by atoms with Crippen molar-refractivity contribution in [2.24, 2.45) is 0 Å². The number of nitrogens with zero attached hydrogens (tertiary/aromatic N) is 1. The Labute approximate surface area is 112 Å². The van der Waals surface area contributed by atoms with Gasteiger partial charge in [-0.3, -0.25) is 0 Å². The minimum absolute atomic E-state index is 0.383. The van der Waals surface area contributed by atoms with Crippen LogP contribution in [0.3, 0.4) is 0 Å². The van der Waals surface area contributed by atoms with Crippen molar-refractivity contribution in [3.63, 3.8) is 0 Å². The van der Waals surface area contributed by atoms with Crippen molar-refractivity contribution in [3.8, 4) is 0 Å². The molecule has 0 N–H and O–H groups in total. The highest BCUT2D eigenvalue weighted by atomic mass is 35.5. The van der Waals surface area contributed by atoms with Gasteiger partial charge >= 0.3 is 0 Å². The summed E-state index contributed by atoms with van der Waals surface area (Å²) in [4.78, 5) is 2.32. The minimum atomic E-state index is 0.383. The van der Waals surface area contributed by atoms with Crippen molar-refractivity contribution < 1.29 is 4.74 Å². The minimum Gasteiger partial charge on any atom is -0.381 e. The van der Waals surface area contributed by atoms with Gasteiger partial charge in [0.1, 0.15) is 0 Å². The van der Waals surface area contributed by atoms with E-state index < -0.39 is 0 Å². The first kappa shape index (κ1) is 13.0. The number of benzene rings is 1. The van der Waals surface area contributed by atoms with Crippen LogP contribution in [0, 0.1) is 0 Å². The van der Waals surface area contributed by atoms with Crippen molar-refractivity contribution >= 4 is 28.9 Å². The van der Waals surface area contributed by atoms with Gasteiger partial charge < -0.3 is 9.64 Å². The third kappa shape index (κ3) is 2.87. The first-order chi connectivity index (χ1) is 8.26. The number of hydrogen-bond donors (Lipinski definition) is 0. The topological polar surface area (TPSA) is 12.5 Å². The Balaban J connectivity index is 2.17. The summed E-state index contributed by atoms with van der Waals surface area (Å²) in [6, 6.07) is 5.91. The SMILES string of the molecule is COC1CCN(c2c(Cl)cccc2CCl)CC1. The predicted molar refractivity (Wildman–Crippen MR) is 73.3 cm³/mol. The molecule has 1 fully saturated rings. The van der Waals surface area contributed by atoms with Crippen LogP contribution in [0.1, 0.15) is 18.4 Å². The van der Waals surface area contributed by atoms with Gasteiger partial charge in [0.15, 0.2) is 0 Å². The standard InChI is InChI=1S/C13H17Cl2NO/c1-17-11-5-7-16(8-6-11)13-10(9-14)3-2-4-12(13)15/h2-4,11H,5-9H2,1H3. The monoisotopic (exact) mass is 273 g/mol. The molecule has 0 atom stereocenters. The molecule has 0 bridgehead atoms. The van der Waals surface area contributed by atoms with E-state index in [0.717, 1.165) is 42.2 Å². The zero-order valence-electron chi connectivity index (χ0n) is 9.96. The molecule has 0 radical (unpaired) electrons. The summed E-state index contributed by atoms with van der Waals surface area (Å²) < 4.78 is 5.38. The van der Waals surface area contributed by atoms with E-state index in [1.807, 2.05) is 18.2 Å². The maximum Gasteiger partial charge on any atom is 0.0642 e. The van der Waals surface area contributed by atoms with Crippen molar-refractivity contribution in [1.82, 2.24) is 0 Å².